The first-order valence-electron chi connectivity index (χ1n) is 5.45. The Labute approximate surface area is 101 Å². The zero-order valence-electron chi connectivity index (χ0n) is 9.53. The summed E-state index contributed by atoms with van der Waals surface area (Å²) in [6.07, 6.45) is 2.33. The number of hydrogen-bond acceptors (Lipinski definition) is 3. The van der Waals surface area contributed by atoms with E-state index in [1.807, 2.05) is 12.1 Å². The van der Waals surface area contributed by atoms with E-state index in [2.05, 4.69) is 12.2 Å². The van der Waals surface area contributed by atoms with Crippen molar-refractivity contribution in [3.05, 3.63) is 24.3 Å². The average molecular weight is 238 g/mol. The second kappa shape index (κ2) is 7.17. The number of nitrogens with one attached hydrogen (secondary N) is 1. The van der Waals surface area contributed by atoms with Crippen molar-refractivity contribution in [1.82, 2.24) is 0 Å². The van der Waals surface area contributed by atoms with Gasteiger partial charge in [0.05, 0.1) is 5.75 Å². The standard InChI is InChI=1S/C12H18N2OS/c1-2-3-7-16-9-12(15)14-11-6-4-5-10(13)8-11/h4-6,8H,2-3,7,9,13H2,1H3,(H,14,15). The number of nitrogens with two attached hydrogens (primary N) is 1. The van der Waals surface area contributed by atoms with Crippen molar-refractivity contribution in [2.75, 3.05) is 22.6 Å². The highest BCUT2D eigenvalue weighted by molar-refractivity contribution is 7.99. The largest absolute Gasteiger partial charge is 0.399 e. The predicted octanol–water partition coefficient (Wildman–Crippen LogP) is 2.74. The van der Waals surface area contributed by atoms with Crippen LogP contribution in [-0.2, 0) is 4.79 Å². The molecule has 1 aromatic rings. The number of unbranched alkanes of at least 4 members (excludes halogenated alkanes) is 1. The van der Waals surface area contributed by atoms with E-state index in [1.165, 1.54) is 6.42 Å². The molecule has 4 heteroatoms. The van der Waals surface area contributed by atoms with Gasteiger partial charge in [-0.25, -0.2) is 0 Å². The fourth-order valence-electron chi connectivity index (χ4n) is 1.22. The molecular formula is C12H18N2OS. The number of benzene rings is 1. The summed E-state index contributed by atoms with van der Waals surface area (Å²) in [5, 5.41) is 2.82. The van der Waals surface area contributed by atoms with Crippen LogP contribution in [0.1, 0.15) is 19.8 Å². The number of anilines is 2. The van der Waals surface area contributed by atoms with Crippen LogP contribution < -0.4 is 11.1 Å². The van der Waals surface area contributed by atoms with Crippen LogP contribution in [0.2, 0.25) is 0 Å². The first kappa shape index (κ1) is 12.9. The Morgan fingerprint density at radius 2 is 2.31 bits per heavy atom. The van der Waals surface area contributed by atoms with Gasteiger partial charge < -0.3 is 11.1 Å². The van der Waals surface area contributed by atoms with E-state index in [0.29, 0.717) is 11.4 Å². The third-order valence-electron chi connectivity index (χ3n) is 2.05. The molecule has 1 amide bonds. The molecule has 0 atom stereocenters. The van der Waals surface area contributed by atoms with Crippen LogP contribution in [-0.4, -0.2) is 17.4 Å². The van der Waals surface area contributed by atoms with E-state index in [9.17, 15) is 4.79 Å². The van der Waals surface area contributed by atoms with Crippen LogP contribution in [0.25, 0.3) is 0 Å². The van der Waals surface area contributed by atoms with Crippen LogP contribution in [0, 0.1) is 0 Å². The summed E-state index contributed by atoms with van der Waals surface area (Å²) in [7, 11) is 0. The third kappa shape index (κ3) is 5.07. The van der Waals surface area contributed by atoms with Gasteiger partial charge in [0.1, 0.15) is 0 Å². The lowest BCUT2D eigenvalue weighted by Crippen LogP contribution is -2.14. The Morgan fingerprint density at radius 1 is 1.50 bits per heavy atom. The zero-order chi connectivity index (χ0) is 11.8. The molecule has 0 aromatic heterocycles. The van der Waals surface area contributed by atoms with E-state index in [-0.39, 0.29) is 5.91 Å². The molecule has 88 valence electrons. The fraction of sp³-hybridized carbons (Fsp3) is 0.417. The quantitative estimate of drug-likeness (QED) is 0.592. The summed E-state index contributed by atoms with van der Waals surface area (Å²) in [5.41, 5.74) is 7.05. The minimum absolute atomic E-state index is 0.0340. The van der Waals surface area contributed by atoms with Gasteiger partial charge in [-0.1, -0.05) is 19.4 Å². The molecule has 1 rings (SSSR count). The topological polar surface area (TPSA) is 55.1 Å². The Bertz CT molecular complexity index is 342. The summed E-state index contributed by atoms with van der Waals surface area (Å²) in [6, 6.07) is 7.22. The number of carbonyl (C=O) groups excluding carboxylic acids is 1. The predicted molar refractivity (Wildman–Crippen MR) is 71.7 cm³/mol. The number of hydrogen-bond donors (Lipinski definition) is 2. The van der Waals surface area contributed by atoms with Crippen molar-refractivity contribution >= 4 is 29.0 Å². The van der Waals surface area contributed by atoms with E-state index in [1.54, 1.807) is 23.9 Å². The van der Waals surface area contributed by atoms with Gasteiger partial charge in [-0.05, 0) is 30.4 Å². The number of carbonyl (C=O) groups is 1. The smallest absolute Gasteiger partial charge is 0.234 e. The highest BCUT2D eigenvalue weighted by Crippen LogP contribution is 2.12. The second-order valence-electron chi connectivity index (χ2n) is 3.58. The van der Waals surface area contributed by atoms with E-state index in [0.717, 1.165) is 17.9 Å². The molecular weight excluding hydrogens is 220 g/mol. The van der Waals surface area contributed by atoms with E-state index < -0.39 is 0 Å². The molecule has 0 radical (unpaired) electrons. The first-order valence-corrected chi connectivity index (χ1v) is 6.61. The summed E-state index contributed by atoms with van der Waals surface area (Å²) in [5.74, 6) is 1.59. The molecule has 0 unspecified atom stereocenters. The molecule has 0 aliphatic rings. The van der Waals surface area contributed by atoms with Crippen LogP contribution in [0.5, 0.6) is 0 Å². The van der Waals surface area contributed by atoms with Crippen LogP contribution in [0.3, 0.4) is 0 Å². The van der Waals surface area contributed by atoms with Gasteiger partial charge >= 0.3 is 0 Å². The lowest BCUT2D eigenvalue weighted by atomic mass is 10.3. The maximum Gasteiger partial charge on any atom is 0.234 e. The van der Waals surface area contributed by atoms with Gasteiger partial charge in [-0.3, -0.25) is 4.79 Å². The van der Waals surface area contributed by atoms with Gasteiger partial charge in [0.25, 0.3) is 0 Å². The van der Waals surface area contributed by atoms with Gasteiger partial charge in [0.15, 0.2) is 0 Å². The number of amides is 1. The molecule has 0 aliphatic heterocycles. The molecule has 0 saturated carbocycles. The molecule has 16 heavy (non-hydrogen) atoms. The third-order valence-corrected chi connectivity index (χ3v) is 3.09. The van der Waals surface area contributed by atoms with E-state index >= 15 is 0 Å². The Kier molecular flexibility index (Phi) is 5.78. The summed E-state index contributed by atoms with van der Waals surface area (Å²) >= 11 is 1.67. The molecule has 0 saturated heterocycles. The van der Waals surface area contributed by atoms with Crippen LogP contribution in [0.15, 0.2) is 24.3 Å². The molecule has 0 aliphatic carbocycles. The number of nitrogen functional groups attached to an aromatic ring is 1. The Hall–Kier alpha value is -1.16. The molecule has 0 heterocycles. The molecule has 3 nitrogen and oxygen atoms in total. The maximum absolute atomic E-state index is 11.5. The maximum atomic E-state index is 11.5. The number of thioether (sulfide) groups is 1. The van der Waals surface area contributed by atoms with Crippen molar-refractivity contribution in [1.29, 1.82) is 0 Å². The summed E-state index contributed by atoms with van der Waals surface area (Å²) in [6.45, 7) is 2.15. The van der Waals surface area contributed by atoms with Crippen molar-refractivity contribution in [2.24, 2.45) is 0 Å². The van der Waals surface area contributed by atoms with Crippen LogP contribution in [0.4, 0.5) is 11.4 Å². The summed E-state index contributed by atoms with van der Waals surface area (Å²) < 4.78 is 0. The van der Waals surface area contributed by atoms with Crippen molar-refractivity contribution in [2.45, 2.75) is 19.8 Å². The monoisotopic (exact) mass is 238 g/mol. The molecule has 0 fully saturated rings. The van der Waals surface area contributed by atoms with E-state index in [4.69, 9.17) is 5.73 Å². The first-order chi connectivity index (χ1) is 7.72. The van der Waals surface area contributed by atoms with Gasteiger partial charge in [0, 0.05) is 11.4 Å². The highest BCUT2D eigenvalue weighted by atomic mass is 32.2. The SMILES string of the molecule is CCCCSCC(=O)Nc1cccc(N)c1. The molecule has 0 bridgehead atoms. The number of rotatable bonds is 6. The lowest BCUT2D eigenvalue weighted by molar-refractivity contribution is -0.113. The minimum atomic E-state index is 0.0340. The molecule has 1 aromatic carbocycles. The van der Waals surface area contributed by atoms with Gasteiger partial charge in [0.2, 0.25) is 5.91 Å². The average Bonchev–Trinajstić information content (AvgIpc) is 2.24. The minimum Gasteiger partial charge on any atom is -0.399 e. The van der Waals surface area contributed by atoms with Gasteiger partial charge in [-0.15, -0.1) is 0 Å². The normalized spacial score (nSPS) is 10.1. The Balaban J connectivity index is 2.29. The highest BCUT2D eigenvalue weighted by Gasteiger charge is 2.02. The lowest BCUT2D eigenvalue weighted by Gasteiger charge is -2.05. The Morgan fingerprint density at radius 3 is 3.00 bits per heavy atom. The molecule has 0 spiro atoms. The van der Waals surface area contributed by atoms with Crippen molar-refractivity contribution in [3.63, 3.8) is 0 Å². The zero-order valence-corrected chi connectivity index (χ0v) is 10.3. The molecule has 3 N–H and O–H groups in total. The van der Waals surface area contributed by atoms with Crippen molar-refractivity contribution in [3.8, 4) is 0 Å². The van der Waals surface area contributed by atoms with Crippen LogP contribution >= 0.6 is 11.8 Å². The fourth-order valence-corrected chi connectivity index (χ4v) is 2.12. The van der Waals surface area contributed by atoms with Gasteiger partial charge in [-0.2, -0.15) is 11.8 Å². The van der Waals surface area contributed by atoms with Crippen molar-refractivity contribution < 1.29 is 4.79 Å². The summed E-state index contributed by atoms with van der Waals surface area (Å²) in [4.78, 5) is 11.5. The second-order valence-corrected chi connectivity index (χ2v) is 4.68.